The molecule has 0 saturated heterocycles. The lowest BCUT2D eigenvalue weighted by Gasteiger charge is -2.31. The van der Waals surface area contributed by atoms with E-state index in [2.05, 4.69) is 5.32 Å². The molecule has 1 aliphatic rings. The summed E-state index contributed by atoms with van der Waals surface area (Å²) in [6.45, 7) is -0.196. The average Bonchev–Trinajstić information content (AvgIpc) is 2.59. The van der Waals surface area contributed by atoms with Crippen LogP contribution in [0.15, 0.2) is 18.2 Å². The van der Waals surface area contributed by atoms with Crippen molar-refractivity contribution in [1.29, 1.82) is 0 Å². The van der Waals surface area contributed by atoms with Crippen LogP contribution < -0.4 is 14.8 Å². The lowest BCUT2D eigenvalue weighted by atomic mass is 9.95. The van der Waals surface area contributed by atoms with Crippen LogP contribution in [0.25, 0.3) is 0 Å². The Bertz CT molecular complexity index is 699. The number of ether oxygens (including phenoxy) is 2. The number of carbonyl (C=O) groups is 1. The van der Waals surface area contributed by atoms with E-state index in [1.807, 2.05) is 0 Å². The van der Waals surface area contributed by atoms with Gasteiger partial charge in [0.15, 0.2) is 0 Å². The summed E-state index contributed by atoms with van der Waals surface area (Å²) in [5, 5.41) is 2.73. The first-order valence-electron chi connectivity index (χ1n) is 8.34. The highest BCUT2D eigenvalue weighted by Crippen LogP contribution is 2.29. The normalized spacial score (nSPS) is 15.8. The molecule has 140 valence electrons. The van der Waals surface area contributed by atoms with Gasteiger partial charge in [-0.15, -0.1) is 0 Å². The summed E-state index contributed by atoms with van der Waals surface area (Å²) in [5.41, 5.74) is 0.477. The molecule has 0 spiro atoms. The van der Waals surface area contributed by atoms with E-state index < -0.39 is 10.0 Å². The molecule has 25 heavy (non-hydrogen) atoms. The highest BCUT2D eigenvalue weighted by atomic mass is 32.2. The van der Waals surface area contributed by atoms with Gasteiger partial charge >= 0.3 is 0 Å². The Labute approximate surface area is 149 Å². The number of anilines is 1. The molecule has 7 nitrogen and oxygen atoms in total. The SMILES string of the molecule is COc1ccc(NC(=O)CN(C2CCCCC2)S(C)(=O)=O)c(OC)c1. The molecule has 1 fully saturated rings. The number of amides is 1. The molecule has 0 unspecified atom stereocenters. The highest BCUT2D eigenvalue weighted by Gasteiger charge is 2.30. The van der Waals surface area contributed by atoms with Gasteiger partial charge in [-0.3, -0.25) is 4.79 Å². The van der Waals surface area contributed by atoms with Crippen LogP contribution >= 0.6 is 0 Å². The molecule has 1 saturated carbocycles. The Morgan fingerprint density at radius 1 is 1.20 bits per heavy atom. The predicted molar refractivity (Wildman–Crippen MR) is 96.6 cm³/mol. The zero-order chi connectivity index (χ0) is 18.4. The van der Waals surface area contributed by atoms with Crippen molar-refractivity contribution in [3.8, 4) is 11.5 Å². The van der Waals surface area contributed by atoms with Crippen LogP contribution in [0.3, 0.4) is 0 Å². The lowest BCUT2D eigenvalue weighted by molar-refractivity contribution is -0.116. The second-order valence-corrected chi connectivity index (χ2v) is 8.15. The summed E-state index contributed by atoms with van der Waals surface area (Å²) in [6.07, 6.45) is 5.85. The predicted octanol–water partition coefficient (Wildman–Crippen LogP) is 2.24. The second-order valence-electron chi connectivity index (χ2n) is 6.21. The molecule has 1 aliphatic carbocycles. The van der Waals surface area contributed by atoms with E-state index in [1.54, 1.807) is 25.3 Å². The zero-order valence-corrected chi connectivity index (χ0v) is 15.8. The molecule has 0 heterocycles. The highest BCUT2D eigenvalue weighted by molar-refractivity contribution is 7.88. The van der Waals surface area contributed by atoms with Crippen molar-refractivity contribution in [2.45, 2.75) is 38.1 Å². The Morgan fingerprint density at radius 3 is 2.44 bits per heavy atom. The van der Waals surface area contributed by atoms with Crippen molar-refractivity contribution in [3.05, 3.63) is 18.2 Å². The van der Waals surface area contributed by atoms with E-state index in [0.717, 1.165) is 38.4 Å². The minimum Gasteiger partial charge on any atom is -0.497 e. The quantitative estimate of drug-likeness (QED) is 0.796. The summed E-state index contributed by atoms with van der Waals surface area (Å²) in [5.74, 6) is 0.672. The Morgan fingerprint density at radius 2 is 1.88 bits per heavy atom. The molecule has 8 heteroatoms. The van der Waals surface area contributed by atoms with E-state index in [0.29, 0.717) is 17.2 Å². The molecular formula is C17H26N2O5S. The first-order chi connectivity index (χ1) is 11.8. The lowest BCUT2D eigenvalue weighted by Crippen LogP contribution is -2.45. The number of hydrogen-bond acceptors (Lipinski definition) is 5. The standard InChI is InChI=1S/C17H26N2O5S/c1-23-14-9-10-15(16(11-14)24-2)18-17(20)12-19(25(3,21)22)13-7-5-4-6-8-13/h9-11,13H,4-8,12H2,1-3H3,(H,18,20). The van der Waals surface area contributed by atoms with Crippen molar-refractivity contribution in [3.63, 3.8) is 0 Å². The van der Waals surface area contributed by atoms with Crippen LogP contribution in [-0.4, -0.2) is 51.7 Å². The molecular weight excluding hydrogens is 344 g/mol. The maximum atomic E-state index is 12.4. The Hall–Kier alpha value is -1.80. The number of nitrogens with zero attached hydrogens (tertiary/aromatic N) is 1. The largest absolute Gasteiger partial charge is 0.497 e. The monoisotopic (exact) mass is 370 g/mol. The maximum Gasteiger partial charge on any atom is 0.239 e. The molecule has 0 aliphatic heterocycles. The van der Waals surface area contributed by atoms with Crippen molar-refractivity contribution in [2.75, 3.05) is 32.3 Å². The molecule has 1 amide bonds. The number of methoxy groups -OCH3 is 2. The number of hydrogen-bond donors (Lipinski definition) is 1. The fraction of sp³-hybridized carbons (Fsp3) is 0.588. The number of benzene rings is 1. The van der Waals surface area contributed by atoms with Gasteiger partial charge in [-0.05, 0) is 25.0 Å². The summed E-state index contributed by atoms with van der Waals surface area (Å²) >= 11 is 0. The third-order valence-corrected chi connectivity index (χ3v) is 5.67. The first-order valence-corrected chi connectivity index (χ1v) is 10.2. The molecule has 2 rings (SSSR count). The Balaban J connectivity index is 2.11. The van der Waals surface area contributed by atoms with Gasteiger partial charge in [0, 0.05) is 12.1 Å². The fourth-order valence-electron chi connectivity index (χ4n) is 3.12. The topological polar surface area (TPSA) is 84.9 Å². The zero-order valence-electron chi connectivity index (χ0n) is 14.9. The number of rotatable bonds is 7. The number of carbonyl (C=O) groups excluding carboxylic acids is 1. The van der Waals surface area contributed by atoms with Gasteiger partial charge in [-0.1, -0.05) is 19.3 Å². The van der Waals surface area contributed by atoms with Crippen LogP contribution in [-0.2, 0) is 14.8 Å². The van der Waals surface area contributed by atoms with Crippen LogP contribution in [0.2, 0.25) is 0 Å². The van der Waals surface area contributed by atoms with Gasteiger partial charge in [0.05, 0.1) is 32.7 Å². The molecule has 1 aromatic rings. The van der Waals surface area contributed by atoms with Gasteiger partial charge < -0.3 is 14.8 Å². The van der Waals surface area contributed by atoms with Crippen LogP contribution in [0.4, 0.5) is 5.69 Å². The smallest absolute Gasteiger partial charge is 0.239 e. The van der Waals surface area contributed by atoms with E-state index >= 15 is 0 Å². The maximum absolute atomic E-state index is 12.4. The van der Waals surface area contributed by atoms with Crippen molar-refractivity contribution in [1.82, 2.24) is 4.31 Å². The van der Waals surface area contributed by atoms with E-state index in [-0.39, 0.29) is 18.5 Å². The molecule has 0 aromatic heterocycles. The summed E-state index contributed by atoms with van der Waals surface area (Å²) in [4.78, 5) is 12.4. The molecule has 0 bridgehead atoms. The van der Waals surface area contributed by atoms with Gasteiger partial charge in [0.2, 0.25) is 15.9 Å². The molecule has 0 radical (unpaired) electrons. The number of sulfonamides is 1. The molecule has 1 aromatic carbocycles. The van der Waals surface area contributed by atoms with Crippen molar-refractivity contribution >= 4 is 21.6 Å². The first kappa shape index (κ1) is 19.5. The van der Waals surface area contributed by atoms with E-state index in [9.17, 15) is 13.2 Å². The summed E-state index contributed by atoms with van der Waals surface area (Å²) < 4.78 is 36.0. The van der Waals surface area contributed by atoms with Crippen LogP contribution in [0.5, 0.6) is 11.5 Å². The van der Waals surface area contributed by atoms with E-state index in [4.69, 9.17) is 9.47 Å². The Kier molecular flexibility index (Phi) is 6.66. The third kappa shape index (κ3) is 5.34. The van der Waals surface area contributed by atoms with Gasteiger partial charge in [0.25, 0.3) is 0 Å². The van der Waals surface area contributed by atoms with Crippen molar-refractivity contribution < 1.29 is 22.7 Å². The van der Waals surface area contributed by atoms with Gasteiger partial charge in [-0.2, -0.15) is 4.31 Å². The minimum atomic E-state index is -3.46. The number of nitrogens with one attached hydrogen (secondary N) is 1. The van der Waals surface area contributed by atoms with Crippen LogP contribution in [0, 0.1) is 0 Å². The molecule has 0 atom stereocenters. The van der Waals surface area contributed by atoms with Crippen LogP contribution in [0.1, 0.15) is 32.1 Å². The summed E-state index contributed by atoms with van der Waals surface area (Å²) in [7, 11) is -0.419. The van der Waals surface area contributed by atoms with E-state index in [1.165, 1.54) is 11.4 Å². The fourth-order valence-corrected chi connectivity index (χ4v) is 4.22. The second kappa shape index (κ2) is 8.53. The van der Waals surface area contributed by atoms with Gasteiger partial charge in [0.1, 0.15) is 11.5 Å². The summed E-state index contributed by atoms with van der Waals surface area (Å²) in [6, 6.07) is 4.92. The third-order valence-electron chi connectivity index (χ3n) is 4.39. The average molecular weight is 370 g/mol. The van der Waals surface area contributed by atoms with Crippen molar-refractivity contribution in [2.24, 2.45) is 0 Å². The molecule has 1 N–H and O–H groups in total. The minimum absolute atomic E-state index is 0.104. The van der Waals surface area contributed by atoms with Gasteiger partial charge in [-0.25, -0.2) is 8.42 Å².